The van der Waals surface area contributed by atoms with Crippen LogP contribution in [-0.2, 0) is 11.2 Å². The van der Waals surface area contributed by atoms with E-state index in [-0.39, 0.29) is 23.9 Å². The van der Waals surface area contributed by atoms with Crippen molar-refractivity contribution in [1.29, 1.82) is 0 Å². The van der Waals surface area contributed by atoms with E-state index < -0.39 is 0 Å². The van der Waals surface area contributed by atoms with Crippen LogP contribution in [0.5, 0.6) is 11.5 Å². The number of nitrogens with one attached hydrogen (secondary N) is 2. The Morgan fingerprint density at radius 2 is 1.56 bits per heavy atom. The minimum absolute atomic E-state index is 0.0402. The van der Waals surface area contributed by atoms with Crippen molar-refractivity contribution in [2.24, 2.45) is 5.92 Å². The molecule has 36 heavy (non-hydrogen) atoms. The number of anilines is 1. The highest BCUT2D eigenvalue weighted by Crippen LogP contribution is 2.25. The molecule has 0 aromatic heterocycles. The van der Waals surface area contributed by atoms with Crippen molar-refractivity contribution in [1.82, 2.24) is 10.2 Å². The van der Waals surface area contributed by atoms with E-state index in [9.17, 15) is 9.59 Å². The van der Waals surface area contributed by atoms with E-state index in [1.54, 1.807) is 19.1 Å². The fourth-order valence-corrected chi connectivity index (χ4v) is 4.47. The molecule has 7 heteroatoms. The zero-order valence-electron chi connectivity index (χ0n) is 20.8. The van der Waals surface area contributed by atoms with Gasteiger partial charge in [0.2, 0.25) is 5.91 Å². The summed E-state index contributed by atoms with van der Waals surface area (Å²) in [6, 6.07) is 24.6. The molecule has 0 bridgehead atoms. The number of benzene rings is 3. The summed E-state index contributed by atoms with van der Waals surface area (Å²) < 4.78 is 10.6. The lowest BCUT2D eigenvalue weighted by Gasteiger charge is -2.33. The molecule has 3 aromatic carbocycles. The largest absolute Gasteiger partial charge is 0.497 e. The summed E-state index contributed by atoms with van der Waals surface area (Å²) in [5.41, 5.74) is 2.83. The molecule has 0 radical (unpaired) electrons. The molecule has 1 heterocycles. The number of likely N-dealkylation sites (tertiary alicyclic amines) is 1. The number of carbonyl (C=O) groups is 2. The van der Waals surface area contributed by atoms with Crippen LogP contribution in [0.4, 0.5) is 10.5 Å². The number of nitrogens with zero attached hydrogens (tertiary/aromatic N) is 1. The van der Waals surface area contributed by atoms with Crippen molar-refractivity contribution in [2.75, 3.05) is 32.6 Å². The Balaban J connectivity index is 1.45. The molecule has 3 amide bonds. The number of piperidine rings is 1. The van der Waals surface area contributed by atoms with Gasteiger partial charge in [-0.3, -0.25) is 4.79 Å². The third kappa shape index (κ3) is 6.56. The lowest BCUT2D eigenvalue weighted by Crippen LogP contribution is -2.47. The minimum atomic E-state index is -0.267. The maximum absolute atomic E-state index is 13.4. The number of para-hydroxylation sites is 1. The van der Waals surface area contributed by atoms with Gasteiger partial charge in [0.15, 0.2) is 0 Å². The first-order valence-corrected chi connectivity index (χ1v) is 12.2. The Labute approximate surface area is 212 Å². The molecular formula is C29H33N3O4. The van der Waals surface area contributed by atoms with Gasteiger partial charge in [-0.2, -0.15) is 0 Å². The average molecular weight is 488 g/mol. The first-order chi connectivity index (χ1) is 17.6. The van der Waals surface area contributed by atoms with E-state index in [1.807, 2.05) is 78.9 Å². The highest BCUT2D eigenvalue weighted by molar-refractivity contribution is 5.90. The van der Waals surface area contributed by atoms with E-state index in [4.69, 9.17) is 9.47 Å². The molecule has 2 atom stereocenters. The number of hydrogen-bond donors (Lipinski definition) is 2. The van der Waals surface area contributed by atoms with Crippen LogP contribution >= 0.6 is 0 Å². The van der Waals surface area contributed by atoms with Crippen molar-refractivity contribution in [2.45, 2.75) is 25.3 Å². The summed E-state index contributed by atoms with van der Waals surface area (Å²) >= 11 is 0. The van der Waals surface area contributed by atoms with Gasteiger partial charge >= 0.3 is 6.03 Å². The summed E-state index contributed by atoms with van der Waals surface area (Å²) in [4.78, 5) is 27.9. The summed E-state index contributed by atoms with van der Waals surface area (Å²) in [7, 11) is 3.28. The number of urea groups is 1. The molecule has 1 aliphatic heterocycles. The highest BCUT2D eigenvalue weighted by atomic mass is 16.5. The zero-order valence-corrected chi connectivity index (χ0v) is 20.8. The first kappa shape index (κ1) is 25.1. The van der Waals surface area contributed by atoms with E-state index in [2.05, 4.69) is 10.6 Å². The number of methoxy groups -OCH3 is 2. The van der Waals surface area contributed by atoms with Gasteiger partial charge < -0.3 is 25.0 Å². The predicted octanol–water partition coefficient (Wildman–Crippen LogP) is 5.05. The average Bonchev–Trinajstić information content (AvgIpc) is 2.93. The number of carbonyl (C=O) groups excluding carboxylic acids is 2. The lowest BCUT2D eigenvalue weighted by molar-refractivity contribution is -0.127. The van der Waals surface area contributed by atoms with Crippen LogP contribution < -0.4 is 20.1 Å². The molecule has 3 aromatic rings. The Hall–Kier alpha value is -4.00. The second-order valence-electron chi connectivity index (χ2n) is 8.97. The number of amides is 3. The fourth-order valence-electron chi connectivity index (χ4n) is 4.47. The minimum Gasteiger partial charge on any atom is -0.497 e. The van der Waals surface area contributed by atoms with E-state index in [0.717, 1.165) is 41.2 Å². The Kier molecular flexibility index (Phi) is 8.44. The summed E-state index contributed by atoms with van der Waals surface area (Å²) in [6.07, 6.45) is 2.16. The quantitative estimate of drug-likeness (QED) is 0.466. The van der Waals surface area contributed by atoms with Crippen LogP contribution in [0, 0.1) is 5.92 Å². The van der Waals surface area contributed by atoms with Gasteiger partial charge in [-0.15, -0.1) is 0 Å². The van der Waals surface area contributed by atoms with Gasteiger partial charge in [-0.05, 0) is 66.8 Å². The molecule has 0 spiro atoms. The van der Waals surface area contributed by atoms with Crippen LogP contribution in [0.15, 0.2) is 78.9 Å². The maximum atomic E-state index is 13.4. The van der Waals surface area contributed by atoms with Crippen molar-refractivity contribution in [3.63, 3.8) is 0 Å². The standard InChI is InChI=1S/C29H33N3O4/c1-35-25-14-10-21(11-15-25)19-27(22-12-16-26(36-2)17-13-22)31-28(33)23-7-6-18-32(20-23)29(34)30-24-8-4-3-5-9-24/h3-5,8-17,23,27H,6-7,18-20H2,1-2H3,(H,30,34)(H,31,33)/t23-,27-/m1/s1. The Morgan fingerprint density at radius 1 is 0.917 bits per heavy atom. The zero-order chi connectivity index (χ0) is 25.3. The molecule has 1 saturated heterocycles. The first-order valence-electron chi connectivity index (χ1n) is 12.2. The summed E-state index contributed by atoms with van der Waals surface area (Å²) in [5.74, 6) is 1.25. The molecular weight excluding hydrogens is 454 g/mol. The number of ether oxygens (including phenoxy) is 2. The number of rotatable bonds is 8. The number of hydrogen-bond acceptors (Lipinski definition) is 4. The van der Waals surface area contributed by atoms with Crippen molar-refractivity contribution < 1.29 is 19.1 Å². The molecule has 0 saturated carbocycles. The topological polar surface area (TPSA) is 79.9 Å². The molecule has 4 rings (SSSR count). The van der Waals surface area contributed by atoms with Gasteiger partial charge in [0.05, 0.1) is 26.2 Å². The van der Waals surface area contributed by atoms with Gasteiger partial charge in [0.25, 0.3) is 0 Å². The van der Waals surface area contributed by atoms with Crippen LogP contribution in [0.3, 0.4) is 0 Å². The third-order valence-electron chi connectivity index (χ3n) is 6.54. The highest BCUT2D eigenvalue weighted by Gasteiger charge is 2.30. The van der Waals surface area contributed by atoms with Gasteiger partial charge in [0.1, 0.15) is 11.5 Å². The Morgan fingerprint density at radius 3 is 2.19 bits per heavy atom. The second kappa shape index (κ2) is 12.1. The van der Waals surface area contributed by atoms with Crippen LogP contribution in [-0.4, -0.2) is 44.1 Å². The maximum Gasteiger partial charge on any atom is 0.321 e. The fraction of sp³-hybridized carbons (Fsp3) is 0.310. The van der Waals surface area contributed by atoms with Crippen molar-refractivity contribution >= 4 is 17.6 Å². The van der Waals surface area contributed by atoms with Gasteiger partial charge in [0, 0.05) is 18.8 Å². The Bertz CT molecular complexity index is 1130. The normalized spacial score (nSPS) is 16.1. The smallest absolute Gasteiger partial charge is 0.321 e. The van der Waals surface area contributed by atoms with Gasteiger partial charge in [-0.25, -0.2) is 4.79 Å². The molecule has 7 nitrogen and oxygen atoms in total. The lowest BCUT2D eigenvalue weighted by atomic mass is 9.94. The van der Waals surface area contributed by atoms with E-state index >= 15 is 0 Å². The van der Waals surface area contributed by atoms with Crippen LogP contribution in [0.2, 0.25) is 0 Å². The molecule has 188 valence electrons. The molecule has 0 aliphatic carbocycles. The summed E-state index contributed by atoms with van der Waals surface area (Å²) in [6.45, 7) is 1.03. The monoisotopic (exact) mass is 487 g/mol. The summed E-state index contributed by atoms with van der Waals surface area (Å²) in [5, 5.41) is 6.18. The molecule has 2 N–H and O–H groups in total. The van der Waals surface area contributed by atoms with Crippen LogP contribution in [0.25, 0.3) is 0 Å². The van der Waals surface area contributed by atoms with Crippen molar-refractivity contribution in [3.8, 4) is 11.5 Å². The molecule has 1 fully saturated rings. The predicted molar refractivity (Wildman–Crippen MR) is 140 cm³/mol. The second-order valence-corrected chi connectivity index (χ2v) is 8.97. The van der Waals surface area contributed by atoms with Crippen molar-refractivity contribution in [3.05, 3.63) is 90.0 Å². The molecule has 1 aliphatic rings. The third-order valence-corrected chi connectivity index (χ3v) is 6.54. The SMILES string of the molecule is COc1ccc(C[C@@H](NC(=O)[C@@H]2CCCN(C(=O)Nc3ccccc3)C2)c2ccc(OC)cc2)cc1. The molecule has 0 unspecified atom stereocenters. The van der Waals surface area contributed by atoms with E-state index in [0.29, 0.717) is 19.5 Å². The van der Waals surface area contributed by atoms with Gasteiger partial charge in [-0.1, -0.05) is 42.5 Å². The van der Waals surface area contributed by atoms with Crippen LogP contribution in [0.1, 0.15) is 30.0 Å². The van der Waals surface area contributed by atoms with E-state index in [1.165, 1.54) is 0 Å².